The molecule has 2 heterocycles. The van der Waals surface area contributed by atoms with Gasteiger partial charge in [0.15, 0.2) is 0 Å². The molecule has 0 aromatic carbocycles. The van der Waals surface area contributed by atoms with Gasteiger partial charge in [0.25, 0.3) is 10.2 Å². The van der Waals surface area contributed by atoms with Crippen LogP contribution in [0.3, 0.4) is 0 Å². The molecule has 116 valence electrons. The summed E-state index contributed by atoms with van der Waals surface area (Å²) in [5, 5.41) is 9.19. The molecule has 1 N–H and O–H groups in total. The fourth-order valence-corrected chi connectivity index (χ4v) is 4.77. The predicted octanol–water partition coefficient (Wildman–Crippen LogP) is 0.139. The zero-order chi connectivity index (χ0) is 14.8. The topological polar surface area (TPSA) is 87.1 Å². The molecule has 7 nitrogen and oxygen atoms in total. The maximum atomic E-state index is 12.7. The SMILES string of the molecule is CCN(C1COCC1C(=O)O)S(=O)(=O)N1CCCCC1. The van der Waals surface area contributed by atoms with Gasteiger partial charge in [0.1, 0.15) is 0 Å². The van der Waals surface area contributed by atoms with Crippen LogP contribution < -0.4 is 0 Å². The first-order valence-electron chi connectivity index (χ1n) is 7.06. The number of likely N-dealkylation sites (N-methyl/N-ethyl adjacent to an activating group) is 1. The summed E-state index contributed by atoms with van der Waals surface area (Å²) in [6.07, 6.45) is 2.77. The van der Waals surface area contributed by atoms with Crippen molar-refractivity contribution in [3.8, 4) is 0 Å². The number of piperidine rings is 1. The molecule has 2 aliphatic rings. The molecule has 0 aromatic heterocycles. The van der Waals surface area contributed by atoms with Crippen LogP contribution in [0.15, 0.2) is 0 Å². The number of hydrogen-bond donors (Lipinski definition) is 1. The summed E-state index contributed by atoms with van der Waals surface area (Å²) in [6, 6.07) is -0.607. The van der Waals surface area contributed by atoms with Crippen molar-refractivity contribution in [1.82, 2.24) is 8.61 Å². The minimum atomic E-state index is -3.60. The molecule has 8 heteroatoms. The molecule has 0 aliphatic carbocycles. The van der Waals surface area contributed by atoms with Crippen molar-refractivity contribution in [2.24, 2.45) is 5.92 Å². The van der Waals surface area contributed by atoms with E-state index in [4.69, 9.17) is 4.74 Å². The summed E-state index contributed by atoms with van der Waals surface area (Å²) in [5.41, 5.74) is 0. The molecule has 2 fully saturated rings. The molecular formula is C12H22N2O5S. The Labute approximate surface area is 119 Å². The molecule has 2 unspecified atom stereocenters. The number of nitrogens with zero attached hydrogens (tertiary/aromatic N) is 2. The van der Waals surface area contributed by atoms with E-state index in [1.54, 1.807) is 6.92 Å². The van der Waals surface area contributed by atoms with Crippen molar-refractivity contribution >= 4 is 16.2 Å². The molecule has 0 amide bonds. The molecule has 2 aliphatic heterocycles. The molecule has 0 saturated carbocycles. The highest BCUT2D eigenvalue weighted by atomic mass is 32.2. The summed E-state index contributed by atoms with van der Waals surface area (Å²) in [6.45, 7) is 3.26. The van der Waals surface area contributed by atoms with Crippen molar-refractivity contribution in [2.45, 2.75) is 32.2 Å². The summed E-state index contributed by atoms with van der Waals surface area (Å²) in [4.78, 5) is 11.2. The van der Waals surface area contributed by atoms with Gasteiger partial charge in [0, 0.05) is 19.6 Å². The van der Waals surface area contributed by atoms with Crippen molar-refractivity contribution in [3.05, 3.63) is 0 Å². The maximum absolute atomic E-state index is 12.7. The highest BCUT2D eigenvalue weighted by Crippen LogP contribution is 2.25. The van der Waals surface area contributed by atoms with Crippen LogP contribution >= 0.6 is 0 Å². The largest absolute Gasteiger partial charge is 0.481 e. The highest BCUT2D eigenvalue weighted by molar-refractivity contribution is 7.86. The number of carbonyl (C=O) groups is 1. The molecule has 0 radical (unpaired) electrons. The lowest BCUT2D eigenvalue weighted by molar-refractivity contribution is -0.142. The van der Waals surface area contributed by atoms with Crippen LogP contribution in [0.2, 0.25) is 0 Å². The second-order valence-electron chi connectivity index (χ2n) is 5.22. The van der Waals surface area contributed by atoms with Crippen LogP contribution in [-0.4, -0.2) is 67.0 Å². The van der Waals surface area contributed by atoms with Crippen LogP contribution in [-0.2, 0) is 19.7 Å². The van der Waals surface area contributed by atoms with Crippen LogP contribution in [0.1, 0.15) is 26.2 Å². The summed E-state index contributed by atoms with van der Waals surface area (Å²) in [5.74, 6) is -1.78. The van der Waals surface area contributed by atoms with Gasteiger partial charge >= 0.3 is 5.97 Å². The van der Waals surface area contributed by atoms with E-state index >= 15 is 0 Å². The number of rotatable bonds is 5. The Bertz CT molecular complexity index is 447. The van der Waals surface area contributed by atoms with Gasteiger partial charge < -0.3 is 9.84 Å². The number of hydrogen-bond acceptors (Lipinski definition) is 4. The van der Waals surface area contributed by atoms with E-state index < -0.39 is 28.1 Å². The number of ether oxygens (including phenoxy) is 1. The lowest BCUT2D eigenvalue weighted by Crippen LogP contribution is -2.53. The van der Waals surface area contributed by atoms with Gasteiger partial charge in [-0.2, -0.15) is 17.0 Å². The van der Waals surface area contributed by atoms with Crippen molar-refractivity contribution in [1.29, 1.82) is 0 Å². The molecule has 20 heavy (non-hydrogen) atoms. The van der Waals surface area contributed by atoms with Gasteiger partial charge in [-0.3, -0.25) is 4.79 Å². The van der Waals surface area contributed by atoms with Crippen LogP contribution in [0, 0.1) is 5.92 Å². The second kappa shape index (κ2) is 6.38. The van der Waals surface area contributed by atoms with Crippen molar-refractivity contribution in [2.75, 3.05) is 32.8 Å². The Balaban J connectivity index is 2.19. The third kappa shape index (κ3) is 2.98. The summed E-state index contributed by atoms with van der Waals surface area (Å²) in [7, 11) is -3.60. The van der Waals surface area contributed by atoms with Crippen molar-refractivity contribution in [3.63, 3.8) is 0 Å². The van der Waals surface area contributed by atoms with E-state index in [0.29, 0.717) is 13.1 Å². The molecule has 0 bridgehead atoms. The van der Waals surface area contributed by atoms with E-state index in [2.05, 4.69) is 0 Å². The fraction of sp³-hybridized carbons (Fsp3) is 0.917. The van der Waals surface area contributed by atoms with Gasteiger partial charge in [-0.25, -0.2) is 0 Å². The van der Waals surface area contributed by atoms with Gasteiger partial charge in [0.05, 0.1) is 25.2 Å². The number of aliphatic carboxylic acids is 1. The monoisotopic (exact) mass is 306 g/mol. The zero-order valence-corrected chi connectivity index (χ0v) is 12.5. The molecular weight excluding hydrogens is 284 g/mol. The minimum Gasteiger partial charge on any atom is -0.481 e. The maximum Gasteiger partial charge on any atom is 0.310 e. The first-order chi connectivity index (χ1) is 9.48. The standard InChI is InChI=1S/C12H22N2O5S/c1-2-14(11-9-19-8-10(11)12(15)16)20(17,18)13-6-4-3-5-7-13/h10-11H,2-9H2,1H3,(H,15,16). The number of carboxylic acids is 1. The molecule has 0 aromatic rings. The second-order valence-corrected chi connectivity index (χ2v) is 7.10. The third-order valence-electron chi connectivity index (χ3n) is 3.99. The molecule has 2 atom stereocenters. The van der Waals surface area contributed by atoms with E-state index in [1.165, 1.54) is 8.61 Å². The van der Waals surface area contributed by atoms with E-state index in [9.17, 15) is 18.3 Å². The average molecular weight is 306 g/mol. The van der Waals surface area contributed by atoms with E-state index in [0.717, 1.165) is 19.3 Å². The lowest BCUT2D eigenvalue weighted by atomic mass is 10.0. The average Bonchev–Trinajstić information content (AvgIpc) is 2.89. The Hall–Kier alpha value is -0.700. The minimum absolute atomic E-state index is 0.0754. The van der Waals surface area contributed by atoms with Gasteiger partial charge in [0.2, 0.25) is 0 Å². The molecule has 2 saturated heterocycles. The van der Waals surface area contributed by atoms with Gasteiger partial charge in [-0.1, -0.05) is 13.3 Å². The van der Waals surface area contributed by atoms with Gasteiger partial charge in [-0.15, -0.1) is 0 Å². The van der Waals surface area contributed by atoms with E-state index in [-0.39, 0.29) is 19.8 Å². The Kier molecular flexibility index (Phi) is 5.00. The summed E-state index contributed by atoms with van der Waals surface area (Å²) >= 11 is 0. The van der Waals surface area contributed by atoms with Gasteiger partial charge in [-0.05, 0) is 12.8 Å². The Morgan fingerprint density at radius 3 is 2.50 bits per heavy atom. The van der Waals surface area contributed by atoms with E-state index in [1.807, 2.05) is 0 Å². The fourth-order valence-electron chi connectivity index (χ4n) is 2.88. The van der Waals surface area contributed by atoms with Crippen LogP contribution in [0.5, 0.6) is 0 Å². The third-order valence-corrected chi connectivity index (χ3v) is 6.13. The zero-order valence-electron chi connectivity index (χ0n) is 11.7. The predicted molar refractivity (Wildman–Crippen MR) is 72.5 cm³/mol. The number of carboxylic acid groups (broad SMARTS) is 1. The normalized spacial score (nSPS) is 28.9. The first kappa shape index (κ1) is 15.7. The molecule has 2 rings (SSSR count). The lowest BCUT2D eigenvalue weighted by Gasteiger charge is -2.35. The van der Waals surface area contributed by atoms with Crippen LogP contribution in [0.4, 0.5) is 0 Å². The summed E-state index contributed by atoms with van der Waals surface area (Å²) < 4.78 is 33.3. The highest BCUT2D eigenvalue weighted by Gasteiger charge is 2.44. The smallest absolute Gasteiger partial charge is 0.310 e. The Morgan fingerprint density at radius 2 is 1.95 bits per heavy atom. The van der Waals surface area contributed by atoms with Crippen molar-refractivity contribution < 1.29 is 23.1 Å². The Morgan fingerprint density at radius 1 is 1.30 bits per heavy atom. The molecule has 0 spiro atoms. The quantitative estimate of drug-likeness (QED) is 0.780. The van der Waals surface area contributed by atoms with Crippen LogP contribution in [0.25, 0.3) is 0 Å². The first-order valence-corrected chi connectivity index (χ1v) is 8.45.